The molecular weight excluding hydrogens is 340 g/mol. The second-order valence-electron chi connectivity index (χ2n) is 5.55. The second-order valence-corrected chi connectivity index (χ2v) is 7.46. The molecule has 0 bridgehead atoms. The van der Waals surface area contributed by atoms with Gasteiger partial charge in [-0.25, -0.2) is 8.42 Å². The van der Waals surface area contributed by atoms with Gasteiger partial charge in [0, 0.05) is 12.6 Å². The third kappa shape index (κ3) is 5.79. The Labute approximate surface area is 148 Å². The van der Waals surface area contributed by atoms with Gasteiger partial charge >= 0.3 is 0 Å². The van der Waals surface area contributed by atoms with E-state index in [9.17, 15) is 13.2 Å². The number of nitrogens with one attached hydrogen (secondary N) is 1. The lowest BCUT2D eigenvalue weighted by Crippen LogP contribution is -2.38. The molecule has 0 aliphatic rings. The van der Waals surface area contributed by atoms with Gasteiger partial charge in [-0.15, -0.1) is 0 Å². The van der Waals surface area contributed by atoms with Crippen molar-refractivity contribution in [1.29, 1.82) is 0 Å². The molecule has 6 nitrogen and oxygen atoms in total. The molecule has 0 aliphatic heterocycles. The number of amides is 1. The zero-order chi connectivity index (χ0) is 18.3. The smallest absolute Gasteiger partial charge is 0.232 e. The van der Waals surface area contributed by atoms with Gasteiger partial charge in [0.05, 0.1) is 32.0 Å². The van der Waals surface area contributed by atoms with Gasteiger partial charge in [0.25, 0.3) is 0 Å². The van der Waals surface area contributed by atoms with Crippen LogP contribution in [0.5, 0.6) is 5.75 Å². The maximum absolute atomic E-state index is 12.1. The number of anilines is 1. The average Bonchev–Trinajstić information content (AvgIpc) is 2.58. The molecular formula is C18H22N2O4S. The summed E-state index contributed by atoms with van der Waals surface area (Å²) in [7, 11) is -1.95. The summed E-state index contributed by atoms with van der Waals surface area (Å²) in [5.74, 6) is 0.421. The Morgan fingerprint density at radius 3 is 2.48 bits per heavy atom. The van der Waals surface area contributed by atoms with E-state index in [4.69, 9.17) is 4.74 Å². The molecule has 2 aromatic rings. The third-order valence-electron chi connectivity index (χ3n) is 3.59. The van der Waals surface area contributed by atoms with Crippen LogP contribution in [0.4, 0.5) is 5.69 Å². The molecule has 0 aromatic heterocycles. The van der Waals surface area contributed by atoms with Crippen LogP contribution in [0.3, 0.4) is 0 Å². The maximum Gasteiger partial charge on any atom is 0.232 e. The van der Waals surface area contributed by atoms with Crippen molar-refractivity contribution in [3.05, 3.63) is 60.2 Å². The van der Waals surface area contributed by atoms with Crippen LogP contribution in [-0.2, 0) is 21.2 Å². The quantitative estimate of drug-likeness (QED) is 0.777. The Balaban J connectivity index is 1.98. The van der Waals surface area contributed by atoms with Crippen LogP contribution in [0.1, 0.15) is 5.56 Å². The molecule has 0 spiro atoms. The van der Waals surface area contributed by atoms with Crippen molar-refractivity contribution in [2.45, 2.75) is 6.42 Å². The summed E-state index contributed by atoms with van der Waals surface area (Å²) in [4.78, 5) is 12.0. The van der Waals surface area contributed by atoms with E-state index >= 15 is 0 Å². The minimum Gasteiger partial charge on any atom is -0.497 e. The summed E-state index contributed by atoms with van der Waals surface area (Å²) < 4.78 is 30.5. The summed E-state index contributed by atoms with van der Waals surface area (Å²) in [6.07, 6.45) is 1.40. The van der Waals surface area contributed by atoms with Gasteiger partial charge in [-0.05, 0) is 17.7 Å². The lowest BCUT2D eigenvalue weighted by molar-refractivity contribution is -0.120. The number of methoxy groups -OCH3 is 1. The predicted octanol–water partition coefficient (Wildman–Crippen LogP) is 1.82. The number of hydrogen-bond acceptors (Lipinski definition) is 4. The van der Waals surface area contributed by atoms with E-state index < -0.39 is 10.0 Å². The summed E-state index contributed by atoms with van der Waals surface area (Å²) in [5.41, 5.74) is 1.41. The highest BCUT2D eigenvalue weighted by molar-refractivity contribution is 7.92. The summed E-state index contributed by atoms with van der Waals surface area (Å²) in [6.45, 7) is 0.364. The standard InChI is InChI=1S/C18H22N2O4S/c1-24-17-10-6-9-16(14-17)20(25(2,22)23)12-11-19-18(21)13-15-7-4-3-5-8-15/h3-10,14H,11-13H2,1-2H3,(H,19,21). The summed E-state index contributed by atoms with van der Waals surface area (Å²) in [6, 6.07) is 16.2. The molecule has 25 heavy (non-hydrogen) atoms. The van der Waals surface area contributed by atoms with E-state index in [-0.39, 0.29) is 25.4 Å². The first kappa shape index (κ1) is 18.8. The molecule has 0 fully saturated rings. The normalized spacial score (nSPS) is 11.0. The number of carbonyl (C=O) groups is 1. The van der Waals surface area contributed by atoms with Gasteiger partial charge in [-0.1, -0.05) is 36.4 Å². The van der Waals surface area contributed by atoms with Gasteiger partial charge in [-0.3, -0.25) is 9.10 Å². The van der Waals surface area contributed by atoms with E-state index in [2.05, 4.69) is 5.32 Å². The summed E-state index contributed by atoms with van der Waals surface area (Å²) in [5, 5.41) is 2.76. The van der Waals surface area contributed by atoms with E-state index in [0.717, 1.165) is 11.8 Å². The Morgan fingerprint density at radius 1 is 1.12 bits per heavy atom. The average molecular weight is 362 g/mol. The van der Waals surface area contributed by atoms with Crippen LogP contribution in [0.25, 0.3) is 0 Å². The molecule has 7 heteroatoms. The number of benzene rings is 2. The van der Waals surface area contributed by atoms with Crippen molar-refractivity contribution in [2.75, 3.05) is 30.8 Å². The molecule has 134 valence electrons. The van der Waals surface area contributed by atoms with Crippen molar-refractivity contribution < 1.29 is 17.9 Å². The Bertz CT molecular complexity index is 807. The van der Waals surface area contributed by atoms with E-state index in [0.29, 0.717) is 11.4 Å². The van der Waals surface area contributed by atoms with Crippen LogP contribution in [-0.4, -0.2) is 40.8 Å². The van der Waals surface area contributed by atoms with E-state index in [1.54, 1.807) is 24.3 Å². The minimum atomic E-state index is -3.47. The number of rotatable bonds is 8. The van der Waals surface area contributed by atoms with Gasteiger partial charge in [0.2, 0.25) is 15.9 Å². The molecule has 0 aliphatic carbocycles. The largest absolute Gasteiger partial charge is 0.497 e. The first-order chi connectivity index (χ1) is 11.9. The number of carbonyl (C=O) groups excluding carboxylic acids is 1. The molecule has 1 amide bonds. The molecule has 2 rings (SSSR count). The highest BCUT2D eigenvalue weighted by Crippen LogP contribution is 2.22. The fourth-order valence-electron chi connectivity index (χ4n) is 2.39. The fraction of sp³-hybridized carbons (Fsp3) is 0.278. The van der Waals surface area contributed by atoms with Crippen molar-refractivity contribution in [1.82, 2.24) is 5.32 Å². The van der Waals surface area contributed by atoms with Gasteiger partial charge in [0.1, 0.15) is 5.75 Å². The van der Waals surface area contributed by atoms with Gasteiger partial charge in [0.15, 0.2) is 0 Å². The van der Waals surface area contributed by atoms with Gasteiger partial charge in [-0.2, -0.15) is 0 Å². The number of ether oxygens (including phenoxy) is 1. The van der Waals surface area contributed by atoms with Crippen LogP contribution in [0.15, 0.2) is 54.6 Å². The minimum absolute atomic E-state index is 0.145. The number of nitrogens with zero attached hydrogens (tertiary/aromatic N) is 1. The first-order valence-corrected chi connectivity index (χ1v) is 9.67. The van der Waals surface area contributed by atoms with E-state index in [1.807, 2.05) is 30.3 Å². The lowest BCUT2D eigenvalue weighted by atomic mass is 10.1. The van der Waals surface area contributed by atoms with Crippen molar-refractivity contribution in [2.24, 2.45) is 0 Å². The topological polar surface area (TPSA) is 75.7 Å². The predicted molar refractivity (Wildman–Crippen MR) is 98.3 cm³/mol. The zero-order valence-electron chi connectivity index (χ0n) is 14.3. The van der Waals surface area contributed by atoms with E-state index in [1.165, 1.54) is 11.4 Å². The first-order valence-electron chi connectivity index (χ1n) is 7.82. The SMILES string of the molecule is COc1cccc(N(CCNC(=O)Cc2ccccc2)S(C)(=O)=O)c1. The van der Waals surface area contributed by atoms with Gasteiger partial charge < -0.3 is 10.1 Å². The highest BCUT2D eigenvalue weighted by Gasteiger charge is 2.18. The summed E-state index contributed by atoms with van der Waals surface area (Å²) >= 11 is 0. The van der Waals surface area contributed by atoms with Crippen molar-refractivity contribution in [3.63, 3.8) is 0 Å². The Morgan fingerprint density at radius 2 is 1.84 bits per heavy atom. The monoisotopic (exact) mass is 362 g/mol. The lowest BCUT2D eigenvalue weighted by Gasteiger charge is -2.23. The Kier molecular flexibility index (Phi) is 6.41. The molecule has 2 aromatic carbocycles. The van der Waals surface area contributed by atoms with Crippen LogP contribution < -0.4 is 14.4 Å². The second kappa shape index (κ2) is 8.53. The highest BCUT2D eigenvalue weighted by atomic mass is 32.2. The molecule has 0 saturated heterocycles. The number of sulfonamides is 1. The molecule has 1 N–H and O–H groups in total. The Hall–Kier alpha value is -2.54. The molecule has 0 atom stereocenters. The molecule has 0 radical (unpaired) electrons. The maximum atomic E-state index is 12.1. The third-order valence-corrected chi connectivity index (χ3v) is 4.78. The molecule has 0 unspecified atom stereocenters. The molecule has 0 saturated carbocycles. The van der Waals surface area contributed by atoms with Crippen LogP contribution >= 0.6 is 0 Å². The number of hydrogen-bond donors (Lipinski definition) is 1. The van der Waals surface area contributed by atoms with Crippen molar-refractivity contribution in [3.8, 4) is 5.75 Å². The van der Waals surface area contributed by atoms with Crippen LogP contribution in [0, 0.1) is 0 Å². The fourth-order valence-corrected chi connectivity index (χ4v) is 3.31. The zero-order valence-corrected chi connectivity index (χ0v) is 15.1. The van der Waals surface area contributed by atoms with Crippen molar-refractivity contribution >= 4 is 21.6 Å². The van der Waals surface area contributed by atoms with Crippen LogP contribution in [0.2, 0.25) is 0 Å². The molecule has 0 heterocycles.